The summed E-state index contributed by atoms with van der Waals surface area (Å²) < 4.78 is 4.96. The summed E-state index contributed by atoms with van der Waals surface area (Å²) in [4.78, 5) is 53.5. The molecule has 0 saturated carbocycles. The molecule has 2 saturated heterocycles. The van der Waals surface area contributed by atoms with E-state index >= 15 is 0 Å². The third kappa shape index (κ3) is 4.58. The summed E-state index contributed by atoms with van der Waals surface area (Å²) in [6.07, 6.45) is 1.54. The molecule has 168 valence electrons. The van der Waals surface area contributed by atoms with E-state index in [9.17, 15) is 19.2 Å². The number of rotatable bonds is 6. The fourth-order valence-electron chi connectivity index (χ4n) is 4.08. The number of thiophene rings is 1. The van der Waals surface area contributed by atoms with Crippen LogP contribution >= 0.6 is 11.3 Å². The third-order valence-corrected chi connectivity index (χ3v) is 6.59. The van der Waals surface area contributed by atoms with Gasteiger partial charge < -0.3 is 15.0 Å². The van der Waals surface area contributed by atoms with Gasteiger partial charge in [-0.05, 0) is 55.5 Å². The average Bonchev–Trinajstić information content (AvgIpc) is 3.43. The largest absolute Gasteiger partial charge is 0.462 e. The molecular weight excluding hydrogens is 430 g/mol. The summed E-state index contributed by atoms with van der Waals surface area (Å²) in [7, 11) is 0. The zero-order valence-electron chi connectivity index (χ0n) is 17.8. The van der Waals surface area contributed by atoms with Crippen LogP contribution in [-0.4, -0.2) is 60.4 Å². The lowest BCUT2D eigenvalue weighted by atomic mass is 10.0. The van der Waals surface area contributed by atoms with Gasteiger partial charge in [0, 0.05) is 19.1 Å². The van der Waals surface area contributed by atoms with E-state index in [0.29, 0.717) is 24.3 Å². The summed E-state index contributed by atoms with van der Waals surface area (Å²) in [5.41, 5.74) is 0.807. The molecule has 0 spiro atoms. The number of imide groups is 1. The zero-order valence-corrected chi connectivity index (χ0v) is 18.6. The lowest BCUT2D eigenvalue weighted by Gasteiger charge is -2.33. The molecule has 9 heteroatoms. The first-order valence-electron chi connectivity index (χ1n) is 10.7. The Morgan fingerprint density at radius 3 is 2.47 bits per heavy atom. The molecule has 1 N–H and O–H groups in total. The lowest BCUT2D eigenvalue weighted by molar-refractivity contribution is -0.121. The molecule has 2 aromatic rings. The molecule has 0 unspecified atom stereocenters. The van der Waals surface area contributed by atoms with E-state index in [2.05, 4.69) is 5.32 Å². The van der Waals surface area contributed by atoms with Crippen molar-refractivity contribution in [2.24, 2.45) is 0 Å². The number of carbonyl (C=O) groups is 4. The number of esters is 1. The van der Waals surface area contributed by atoms with Crippen molar-refractivity contribution in [3.63, 3.8) is 0 Å². The number of ether oxygens (including phenoxy) is 1. The standard InChI is InChI=1S/C23H25N3O5S/c1-2-31-23(30)15-5-7-17(8-6-15)26-20(27)14-18(21(26)28)24-16-9-11-25(12-10-16)22(29)19-4-3-13-32-19/h3-8,13,16,18,24H,2,9-12,14H2,1H3/t18-/m1/s1. The van der Waals surface area contributed by atoms with Gasteiger partial charge in [0.15, 0.2) is 0 Å². The highest BCUT2D eigenvalue weighted by molar-refractivity contribution is 7.12. The summed E-state index contributed by atoms with van der Waals surface area (Å²) in [6, 6.07) is 9.44. The monoisotopic (exact) mass is 455 g/mol. The molecular formula is C23H25N3O5S. The van der Waals surface area contributed by atoms with Gasteiger partial charge >= 0.3 is 5.97 Å². The van der Waals surface area contributed by atoms with Gasteiger partial charge in [-0.15, -0.1) is 11.3 Å². The Balaban J connectivity index is 1.33. The average molecular weight is 456 g/mol. The van der Waals surface area contributed by atoms with Crippen LogP contribution in [0.1, 0.15) is 46.2 Å². The molecule has 0 radical (unpaired) electrons. The highest BCUT2D eigenvalue weighted by Gasteiger charge is 2.41. The maximum Gasteiger partial charge on any atom is 0.338 e. The fourth-order valence-corrected chi connectivity index (χ4v) is 4.78. The topological polar surface area (TPSA) is 96.0 Å². The van der Waals surface area contributed by atoms with E-state index in [1.807, 2.05) is 22.4 Å². The van der Waals surface area contributed by atoms with Gasteiger partial charge in [-0.3, -0.25) is 14.4 Å². The van der Waals surface area contributed by atoms with E-state index in [4.69, 9.17) is 4.74 Å². The van der Waals surface area contributed by atoms with Gasteiger partial charge in [-0.25, -0.2) is 9.69 Å². The van der Waals surface area contributed by atoms with E-state index in [1.54, 1.807) is 31.2 Å². The molecule has 4 rings (SSSR count). The Bertz CT molecular complexity index is 997. The molecule has 8 nitrogen and oxygen atoms in total. The predicted molar refractivity (Wildman–Crippen MR) is 120 cm³/mol. The molecule has 3 amide bonds. The number of amides is 3. The van der Waals surface area contributed by atoms with Crippen molar-refractivity contribution in [3.8, 4) is 0 Å². The number of nitrogens with one attached hydrogen (secondary N) is 1. The maximum absolute atomic E-state index is 12.9. The van der Waals surface area contributed by atoms with Crippen molar-refractivity contribution in [2.75, 3.05) is 24.6 Å². The molecule has 2 fully saturated rings. The number of likely N-dealkylation sites (tertiary alicyclic amines) is 1. The van der Waals surface area contributed by atoms with Gasteiger partial charge in [-0.1, -0.05) is 6.07 Å². The molecule has 0 bridgehead atoms. The number of hydrogen-bond donors (Lipinski definition) is 1. The summed E-state index contributed by atoms with van der Waals surface area (Å²) in [5, 5.41) is 5.21. The second kappa shape index (κ2) is 9.62. The van der Waals surface area contributed by atoms with Crippen LogP contribution in [0.5, 0.6) is 0 Å². The van der Waals surface area contributed by atoms with E-state index in [0.717, 1.165) is 17.7 Å². The molecule has 1 aromatic heterocycles. The van der Waals surface area contributed by atoms with Crippen LogP contribution in [0.3, 0.4) is 0 Å². The number of hydrogen-bond acceptors (Lipinski definition) is 7. The Morgan fingerprint density at radius 2 is 1.84 bits per heavy atom. The molecule has 1 aromatic carbocycles. The van der Waals surface area contributed by atoms with E-state index < -0.39 is 12.0 Å². The van der Waals surface area contributed by atoms with Crippen molar-refractivity contribution in [1.29, 1.82) is 0 Å². The number of anilines is 1. The number of piperidine rings is 1. The van der Waals surface area contributed by atoms with Gasteiger partial charge in [0.25, 0.3) is 11.8 Å². The van der Waals surface area contributed by atoms with Crippen molar-refractivity contribution >= 4 is 40.7 Å². The van der Waals surface area contributed by atoms with Gasteiger partial charge in [0.05, 0.1) is 35.2 Å². The smallest absolute Gasteiger partial charge is 0.338 e. The summed E-state index contributed by atoms with van der Waals surface area (Å²) in [6.45, 7) is 3.23. The molecule has 0 aliphatic carbocycles. The Kier molecular flexibility index (Phi) is 6.66. The van der Waals surface area contributed by atoms with Crippen LogP contribution in [-0.2, 0) is 14.3 Å². The van der Waals surface area contributed by atoms with Gasteiger partial charge in [-0.2, -0.15) is 0 Å². The van der Waals surface area contributed by atoms with Crippen molar-refractivity contribution in [1.82, 2.24) is 10.2 Å². The first-order chi connectivity index (χ1) is 15.5. The SMILES string of the molecule is CCOC(=O)c1ccc(N2C(=O)C[C@@H](NC3CCN(C(=O)c4cccs4)CC3)C2=O)cc1. The van der Waals surface area contributed by atoms with Crippen molar-refractivity contribution in [2.45, 2.75) is 38.3 Å². The number of carbonyl (C=O) groups excluding carboxylic acids is 4. The zero-order chi connectivity index (χ0) is 22.7. The Labute approximate surface area is 190 Å². The van der Waals surface area contributed by atoms with Crippen molar-refractivity contribution < 1.29 is 23.9 Å². The van der Waals surface area contributed by atoms with Crippen LogP contribution in [0, 0.1) is 0 Å². The normalized spacial score (nSPS) is 19.5. The maximum atomic E-state index is 12.9. The Hall–Kier alpha value is -3.04. The molecule has 3 heterocycles. The minimum Gasteiger partial charge on any atom is -0.462 e. The molecule has 32 heavy (non-hydrogen) atoms. The van der Waals surface area contributed by atoms with Crippen LogP contribution in [0.2, 0.25) is 0 Å². The second-order valence-corrected chi connectivity index (χ2v) is 8.75. The molecule has 1 atom stereocenters. The Morgan fingerprint density at radius 1 is 1.12 bits per heavy atom. The summed E-state index contributed by atoms with van der Waals surface area (Å²) in [5.74, 6) is -0.970. The molecule has 2 aliphatic heterocycles. The van der Waals surface area contributed by atoms with E-state index in [-0.39, 0.29) is 36.8 Å². The quantitative estimate of drug-likeness (QED) is 0.531. The number of nitrogens with zero attached hydrogens (tertiary/aromatic N) is 2. The highest BCUT2D eigenvalue weighted by Crippen LogP contribution is 2.25. The first kappa shape index (κ1) is 22.2. The third-order valence-electron chi connectivity index (χ3n) is 5.73. The van der Waals surface area contributed by atoms with Crippen LogP contribution in [0.4, 0.5) is 5.69 Å². The highest BCUT2D eigenvalue weighted by atomic mass is 32.1. The lowest BCUT2D eigenvalue weighted by Crippen LogP contribution is -2.49. The van der Waals surface area contributed by atoms with Gasteiger partial charge in [0.2, 0.25) is 5.91 Å². The summed E-state index contributed by atoms with van der Waals surface area (Å²) >= 11 is 1.43. The molecule has 2 aliphatic rings. The van der Waals surface area contributed by atoms with Crippen LogP contribution < -0.4 is 10.2 Å². The second-order valence-electron chi connectivity index (χ2n) is 7.80. The fraction of sp³-hybridized carbons (Fsp3) is 0.391. The minimum atomic E-state index is -0.586. The predicted octanol–water partition coefficient (Wildman–Crippen LogP) is 2.45. The van der Waals surface area contributed by atoms with Crippen LogP contribution in [0.25, 0.3) is 0 Å². The number of benzene rings is 1. The van der Waals surface area contributed by atoms with Gasteiger partial charge in [0.1, 0.15) is 0 Å². The first-order valence-corrected chi connectivity index (χ1v) is 11.6. The van der Waals surface area contributed by atoms with E-state index in [1.165, 1.54) is 16.2 Å². The van der Waals surface area contributed by atoms with Crippen molar-refractivity contribution in [3.05, 3.63) is 52.2 Å². The minimum absolute atomic E-state index is 0.0445. The van der Waals surface area contributed by atoms with Crippen LogP contribution in [0.15, 0.2) is 41.8 Å².